The first-order chi connectivity index (χ1) is 10.2. The third-order valence-electron chi connectivity index (χ3n) is 3.72. The van der Waals surface area contributed by atoms with E-state index in [9.17, 15) is 4.79 Å². The Morgan fingerprint density at radius 3 is 3.05 bits per heavy atom. The van der Waals surface area contributed by atoms with Gasteiger partial charge in [-0.05, 0) is 19.1 Å². The van der Waals surface area contributed by atoms with Crippen LogP contribution in [0.25, 0.3) is 10.9 Å². The fraction of sp³-hybridized carbons (Fsp3) is 0.333. The number of pyridine rings is 1. The van der Waals surface area contributed by atoms with Gasteiger partial charge in [0.1, 0.15) is 5.82 Å². The topological polar surface area (TPSA) is 71.2 Å². The largest absolute Gasteiger partial charge is 0.334 e. The second-order valence-electron chi connectivity index (χ2n) is 5.14. The summed E-state index contributed by atoms with van der Waals surface area (Å²) in [5, 5.41) is 0.868. The number of hydrogen-bond donors (Lipinski definition) is 2. The minimum Gasteiger partial charge on any atom is -0.334 e. The van der Waals surface area contributed by atoms with E-state index in [1.807, 2.05) is 40.9 Å². The number of carbonyl (C=O) groups excluding carboxylic acids is 1. The first-order valence-electron chi connectivity index (χ1n) is 6.96. The van der Waals surface area contributed by atoms with E-state index < -0.39 is 0 Å². The van der Waals surface area contributed by atoms with Crippen molar-refractivity contribution in [3.05, 3.63) is 35.9 Å². The number of para-hydroxylation sites is 1. The van der Waals surface area contributed by atoms with Gasteiger partial charge in [-0.1, -0.05) is 18.2 Å². The maximum Gasteiger partial charge on any atom is 0.254 e. The van der Waals surface area contributed by atoms with Gasteiger partial charge in [-0.15, -0.1) is 0 Å². The van der Waals surface area contributed by atoms with Crippen LogP contribution >= 0.6 is 11.8 Å². The lowest BCUT2D eigenvalue weighted by atomic mass is 10.1. The number of thioether (sulfide) groups is 1. The number of fused-ring (bicyclic) bond motifs is 1. The second-order valence-corrected chi connectivity index (χ2v) is 6.29. The first kappa shape index (κ1) is 14.2. The van der Waals surface area contributed by atoms with Gasteiger partial charge >= 0.3 is 0 Å². The maximum absolute atomic E-state index is 12.9. The highest BCUT2D eigenvalue weighted by Crippen LogP contribution is 2.25. The summed E-state index contributed by atoms with van der Waals surface area (Å²) in [5.74, 6) is 8.01. The van der Waals surface area contributed by atoms with Gasteiger partial charge in [-0.3, -0.25) is 4.79 Å². The number of nitrogens with one attached hydrogen (secondary N) is 1. The number of aromatic nitrogens is 1. The number of nitrogen functional groups attached to an aromatic ring is 1. The summed E-state index contributed by atoms with van der Waals surface area (Å²) >= 11 is 1.89. The van der Waals surface area contributed by atoms with Crippen molar-refractivity contribution in [2.75, 3.05) is 23.5 Å². The Morgan fingerprint density at radius 2 is 2.29 bits per heavy atom. The number of hydrogen-bond acceptors (Lipinski definition) is 5. The molecule has 21 heavy (non-hydrogen) atoms. The van der Waals surface area contributed by atoms with Crippen LogP contribution in [0.15, 0.2) is 30.3 Å². The monoisotopic (exact) mass is 302 g/mol. The molecule has 3 rings (SSSR count). The van der Waals surface area contributed by atoms with E-state index in [-0.39, 0.29) is 11.9 Å². The molecule has 1 amide bonds. The van der Waals surface area contributed by atoms with Gasteiger partial charge < -0.3 is 10.3 Å². The average molecular weight is 302 g/mol. The van der Waals surface area contributed by atoms with Crippen molar-refractivity contribution in [2.24, 2.45) is 5.84 Å². The molecule has 0 saturated carbocycles. The van der Waals surface area contributed by atoms with Crippen LogP contribution in [-0.2, 0) is 0 Å². The van der Waals surface area contributed by atoms with Gasteiger partial charge in [0.15, 0.2) is 0 Å². The van der Waals surface area contributed by atoms with E-state index >= 15 is 0 Å². The average Bonchev–Trinajstić information content (AvgIpc) is 2.53. The molecular weight excluding hydrogens is 284 g/mol. The zero-order chi connectivity index (χ0) is 14.8. The predicted molar refractivity (Wildman–Crippen MR) is 87.4 cm³/mol. The van der Waals surface area contributed by atoms with Crippen LogP contribution in [0.2, 0.25) is 0 Å². The van der Waals surface area contributed by atoms with E-state index in [4.69, 9.17) is 5.84 Å². The van der Waals surface area contributed by atoms with Crippen molar-refractivity contribution >= 4 is 34.4 Å². The molecule has 1 fully saturated rings. The number of anilines is 1. The molecular formula is C15H18N4OS. The third-order valence-corrected chi connectivity index (χ3v) is 4.91. The van der Waals surface area contributed by atoms with Crippen molar-refractivity contribution in [1.82, 2.24) is 9.88 Å². The number of rotatable bonds is 2. The molecule has 3 N–H and O–H groups in total. The van der Waals surface area contributed by atoms with Gasteiger partial charge in [0.2, 0.25) is 0 Å². The van der Waals surface area contributed by atoms with Crippen LogP contribution in [0.5, 0.6) is 0 Å². The highest BCUT2D eigenvalue weighted by molar-refractivity contribution is 7.99. The molecule has 1 aliphatic rings. The molecule has 110 valence electrons. The standard InChI is InChI=1S/C15H18N4OS/c1-10-9-21-7-6-19(10)15(20)12-8-14(18-16)17-13-5-3-2-4-11(12)13/h2-5,8,10H,6-7,9,16H2,1H3,(H,17,18). The zero-order valence-corrected chi connectivity index (χ0v) is 12.7. The number of amides is 1. The number of benzene rings is 1. The molecule has 6 heteroatoms. The molecule has 1 aromatic heterocycles. The van der Waals surface area contributed by atoms with Crippen LogP contribution < -0.4 is 11.3 Å². The van der Waals surface area contributed by atoms with Gasteiger partial charge in [-0.2, -0.15) is 11.8 Å². The summed E-state index contributed by atoms with van der Waals surface area (Å²) in [4.78, 5) is 19.2. The fourth-order valence-electron chi connectivity index (χ4n) is 2.61. The molecule has 0 bridgehead atoms. The van der Waals surface area contributed by atoms with Crippen LogP contribution in [0.3, 0.4) is 0 Å². The molecule has 0 radical (unpaired) electrons. The fourth-order valence-corrected chi connectivity index (χ4v) is 3.62. The molecule has 1 unspecified atom stereocenters. The minimum absolute atomic E-state index is 0.0536. The lowest BCUT2D eigenvalue weighted by molar-refractivity contribution is 0.0718. The minimum atomic E-state index is 0.0536. The van der Waals surface area contributed by atoms with E-state index in [1.165, 1.54) is 0 Å². The first-order valence-corrected chi connectivity index (χ1v) is 8.11. The van der Waals surface area contributed by atoms with Crippen molar-refractivity contribution < 1.29 is 4.79 Å². The third kappa shape index (κ3) is 2.69. The summed E-state index contributed by atoms with van der Waals surface area (Å²) in [6, 6.07) is 9.63. The molecule has 2 aromatic rings. The Bertz CT molecular complexity index is 676. The summed E-state index contributed by atoms with van der Waals surface area (Å²) in [6.07, 6.45) is 0. The highest BCUT2D eigenvalue weighted by atomic mass is 32.2. The molecule has 1 atom stereocenters. The Morgan fingerprint density at radius 1 is 1.48 bits per heavy atom. The molecule has 1 saturated heterocycles. The summed E-state index contributed by atoms with van der Waals surface area (Å²) < 4.78 is 0. The molecule has 1 aliphatic heterocycles. The van der Waals surface area contributed by atoms with E-state index in [0.717, 1.165) is 29.0 Å². The van der Waals surface area contributed by atoms with Crippen molar-refractivity contribution in [2.45, 2.75) is 13.0 Å². The molecule has 0 spiro atoms. The SMILES string of the molecule is CC1CSCCN1C(=O)c1cc(NN)nc2ccccc12. The smallest absolute Gasteiger partial charge is 0.254 e. The summed E-state index contributed by atoms with van der Waals surface area (Å²) in [6.45, 7) is 2.88. The number of hydrazine groups is 1. The Hall–Kier alpha value is -1.79. The van der Waals surface area contributed by atoms with Gasteiger partial charge in [0, 0.05) is 29.5 Å². The summed E-state index contributed by atoms with van der Waals surface area (Å²) in [7, 11) is 0. The van der Waals surface area contributed by atoms with E-state index in [1.54, 1.807) is 6.07 Å². The van der Waals surface area contributed by atoms with Crippen LogP contribution in [0.1, 0.15) is 17.3 Å². The van der Waals surface area contributed by atoms with Crippen molar-refractivity contribution in [3.8, 4) is 0 Å². The van der Waals surface area contributed by atoms with Gasteiger partial charge in [0.25, 0.3) is 5.91 Å². The number of nitrogens with two attached hydrogens (primary N) is 1. The van der Waals surface area contributed by atoms with Crippen LogP contribution in [-0.4, -0.2) is 39.9 Å². The quantitative estimate of drug-likeness (QED) is 0.656. The van der Waals surface area contributed by atoms with E-state index in [2.05, 4.69) is 17.3 Å². The Kier molecular flexibility index (Phi) is 3.98. The summed E-state index contributed by atoms with van der Waals surface area (Å²) in [5.41, 5.74) is 3.98. The highest BCUT2D eigenvalue weighted by Gasteiger charge is 2.26. The van der Waals surface area contributed by atoms with Gasteiger partial charge in [0.05, 0.1) is 11.1 Å². The van der Waals surface area contributed by atoms with Crippen LogP contribution in [0.4, 0.5) is 5.82 Å². The second kappa shape index (κ2) is 5.91. The zero-order valence-electron chi connectivity index (χ0n) is 11.9. The normalized spacial score (nSPS) is 18.8. The Balaban J connectivity index is 2.07. The predicted octanol–water partition coefficient (Wildman–Crippen LogP) is 2.10. The number of nitrogens with zero attached hydrogens (tertiary/aromatic N) is 2. The van der Waals surface area contributed by atoms with Gasteiger partial charge in [-0.25, -0.2) is 10.8 Å². The molecule has 5 nitrogen and oxygen atoms in total. The van der Waals surface area contributed by atoms with E-state index in [0.29, 0.717) is 11.4 Å². The maximum atomic E-state index is 12.9. The van der Waals surface area contributed by atoms with Crippen molar-refractivity contribution in [3.63, 3.8) is 0 Å². The lowest BCUT2D eigenvalue weighted by Crippen LogP contribution is -2.44. The number of carbonyl (C=O) groups is 1. The Labute approximate surface area is 127 Å². The van der Waals surface area contributed by atoms with Crippen LogP contribution in [0, 0.1) is 0 Å². The molecule has 0 aliphatic carbocycles. The molecule has 2 heterocycles. The molecule has 1 aromatic carbocycles. The van der Waals surface area contributed by atoms with Crippen molar-refractivity contribution in [1.29, 1.82) is 0 Å². The lowest BCUT2D eigenvalue weighted by Gasteiger charge is -2.33.